The van der Waals surface area contributed by atoms with Gasteiger partial charge in [-0.05, 0) is 37.6 Å². The number of rotatable bonds is 4. The Kier molecular flexibility index (Phi) is 5.52. The first-order valence-electron chi connectivity index (χ1n) is 7.42. The molecule has 126 valence electrons. The molecular formula is C18H19FN2O3. The lowest BCUT2D eigenvalue weighted by Gasteiger charge is -2.16. The van der Waals surface area contributed by atoms with E-state index in [-0.39, 0.29) is 17.3 Å². The van der Waals surface area contributed by atoms with Crippen molar-refractivity contribution in [2.24, 2.45) is 0 Å². The molecule has 0 radical (unpaired) electrons. The van der Waals surface area contributed by atoms with Gasteiger partial charge in [0.05, 0.1) is 24.4 Å². The SMILES string of the molecule is COC(=O)c1ccc(F)c(NC(=O)NC(C)c2ccc(C)cc2)c1. The topological polar surface area (TPSA) is 67.4 Å². The minimum Gasteiger partial charge on any atom is -0.465 e. The lowest BCUT2D eigenvalue weighted by atomic mass is 10.1. The van der Waals surface area contributed by atoms with Crippen LogP contribution in [0.15, 0.2) is 42.5 Å². The van der Waals surface area contributed by atoms with E-state index in [9.17, 15) is 14.0 Å². The molecule has 0 aliphatic rings. The third-order valence-electron chi connectivity index (χ3n) is 3.56. The van der Waals surface area contributed by atoms with E-state index < -0.39 is 17.8 Å². The Morgan fingerprint density at radius 3 is 2.42 bits per heavy atom. The molecule has 2 amide bonds. The molecular weight excluding hydrogens is 311 g/mol. The Balaban J connectivity index is 2.06. The van der Waals surface area contributed by atoms with Gasteiger partial charge in [-0.15, -0.1) is 0 Å². The van der Waals surface area contributed by atoms with Crippen molar-refractivity contribution in [3.63, 3.8) is 0 Å². The number of esters is 1. The van der Waals surface area contributed by atoms with Gasteiger partial charge < -0.3 is 15.4 Å². The normalized spacial score (nSPS) is 11.5. The zero-order valence-corrected chi connectivity index (χ0v) is 13.7. The van der Waals surface area contributed by atoms with Gasteiger partial charge in [0.1, 0.15) is 5.82 Å². The summed E-state index contributed by atoms with van der Waals surface area (Å²) in [5, 5.41) is 5.13. The molecule has 5 nitrogen and oxygen atoms in total. The molecule has 0 spiro atoms. The second-order valence-electron chi connectivity index (χ2n) is 5.42. The van der Waals surface area contributed by atoms with Gasteiger partial charge in [-0.25, -0.2) is 14.0 Å². The van der Waals surface area contributed by atoms with Gasteiger partial charge >= 0.3 is 12.0 Å². The van der Waals surface area contributed by atoms with Crippen LogP contribution in [0.25, 0.3) is 0 Å². The quantitative estimate of drug-likeness (QED) is 0.838. The van der Waals surface area contributed by atoms with E-state index in [2.05, 4.69) is 15.4 Å². The van der Waals surface area contributed by atoms with Crippen molar-refractivity contribution >= 4 is 17.7 Å². The number of ether oxygens (including phenoxy) is 1. The summed E-state index contributed by atoms with van der Waals surface area (Å²) in [6.07, 6.45) is 0. The molecule has 1 atom stereocenters. The molecule has 0 heterocycles. The average molecular weight is 330 g/mol. The number of anilines is 1. The zero-order chi connectivity index (χ0) is 17.7. The molecule has 0 aromatic heterocycles. The van der Waals surface area contributed by atoms with Crippen molar-refractivity contribution in [1.29, 1.82) is 0 Å². The van der Waals surface area contributed by atoms with E-state index in [1.54, 1.807) is 0 Å². The van der Waals surface area contributed by atoms with Crippen molar-refractivity contribution in [3.05, 3.63) is 65.0 Å². The summed E-state index contributed by atoms with van der Waals surface area (Å²) in [5.41, 5.74) is 2.11. The van der Waals surface area contributed by atoms with Crippen LogP contribution in [0.4, 0.5) is 14.9 Å². The van der Waals surface area contributed by atoms with Crippen LogP contribution in [0.1, 0.15) is 34.5 Å². The van der Waals surface area contributed by atoms with Crippen LogP contribution in [0.3, 0.4) is 0 Å². The van der Waals surface area contributed by atoms with Crippen LogP contribution < -0.4 is 10.6 Å². The third-order valence-corrected chi connectivity index (χ3v) is 3.56. The fourth-order valence-corrected chi connectivity index (χ4v) is 2.16. The molecule has 0 fully saturated rings. The minimum absolute atomic E-state index is 0.0912. The van der Waals surface area contributed by atoms with Gasteiger partial charge in [0.2, 0.25) is 0 Å². The van der Waals surface area contributed by atoms with Crippen LogP contribution in [0.5, 0.6) is 0 Å². The number of amides is 2. The molecule has 1 unspecified atom stereocenters. The van der Waals surface area contributed by atoms with Gasteiger partial charge in [-0.2, -0.15) is 0 Å². The summed E-state index contributed by atoms with van der Waals surface area (Å²) in [4.78, 5) is 23.5. The Morgan fingerprint density at radius 2 is 1.79 bits per heavy atom. The van der Waals surface area contributed by atoms with E-state index in [1.165, 1.54) is 19.2 Å². The number of aryl methyl sites for hydroxylation is 1. The number of halogens is 1. The van der Waals surface area contributed by atoms with E-state index >= 15 is 0 Å². The number of hydrogen-bond donors (Lipinski definition) is 2. The molecule has 2 aromatic rings. The average Bonchev–Trinajstić information content (AvgIpc) is 2.56. The van der Waals surface area contributed by atoms with Crippen LogP contribution in [0, 0.1) is 12.7 Å². The summed E-state index contributed by atoms with van der Waals surface area (Å²) in [5.74, 6) is -1.24. The Bertz CT molecular complexity index is 744. The largest absolute Gasteiger partial charge is 0.465 e. The highest BCUT2D eigenvalue weighted by Gasteiger charge is 2.14. The predicted molar refractivity (Wildman–Crippen MR) is 89.5 cm³/mol. The first kappa shape index (κ1) is 17.5. The number of benzene rings is 2. The molecule has 24 heavy (non-hydrogen) atoms. The van der Waals surface area contributed by atoms with Gasteiger partial charge in [-0.3, -0.25) is 0 Å². The number of nitrogens with one attached hydrogen (secondary N) is 2. The van der Waals surface area contributed by atoms with Crippen LogP contribution >= 0.6 is 0 Å². The lowest BCUT2D eigenvalue weighted by Crippen LogP contribution is -2.31. The number of methoxy groups -OCH3 is 1. The maximum Gasteiger partial charge on any atom is 0.337 e. The highest BCUT2D eigenvalue weighted by Crippen LogP contribution is 2.18. The van der Waals surface area contributed by atoms with Crippen molar-refractivity contribution in [1.82, 2.24) is 5.32 Å². The summed E-state index contributed by atoms with van der Waals surface area (Å²) >= 11 is 0. The van der Waals surface area contributed by atoms with Crippen LogP contribution in [-0.4, -0.2) is 19.1 Å². The minimum atomic E-state index is -0.638. The summed E-state index contributed by atoms with van der Waals surface area (Å²) < 4.78 is 18.4. The Labute approximate surface area is 139 Å². The first-order valence-corrected chi connectivity index (χ1v) is 7.42. The zero-order valence-electron chi connectivity index (χ0n) is 13.7. The standard InChI is InChI=1S/C18H19FN2O3/c1-11-4-6-13(7-5-11)12(2)20-18(23)21-16-10-14(17(22)24-3)8-9-15(16)19/h4-10,12H,1-3H3,(H2,20,21,23). The van der Waals surface area contributed by atoms with Crippen LogP contribution in [0.2, 0.25) is 0 Å². The molecule has 0 aliphatic carbocycles. The Hall–Kier alpha value is -2.89. The van der Waals surface area contributed by atoms with Gasteiger partial charge in [-0.1, -0.05) is 29.8 Å². The van der Waals surface area contributed by atoms with Crippen molar-refractivity contribution in [2.75, 3.05) is 12.4 Å². The number of carbonyl (C=O) groups excluding carboxylic acids is 2. The van der Waals surface area contributed by atoms with Gasteiger partial charge in [0.25, 0.3) is 0 Å². The molecule has 0 aliphatic heterocycles. The van der Waals surface area contributed by atoms with Crippen molar-refractivity contribution in [2.45, 2.75) is 19.9 Å². The molecule has 0 saturated heterocycles. The van der Waals surface area contributed by atoms with Crippen LogP contribution in [-0.2, 0) is 4.74 Å². The summed E-state index contributed by atoms with van der Waals surface area (Å²) in [6, 6.07) is 10.5. The van der Waals surface area contributed by atoms with Crippen molar-refractivity contribution < 1.29 is 18.7 Å². The highest BCUT2D eigenvalue weighted by molar-refractivity contribution is 5.94. The monoisotopic (exact) mass is 330 g/mol. The number of carbonyl (C=O) groups is 2. The first-order chi connectivity index (χ1) is 11.4. The van der Waals surface area contributed by atoms with E-state index in [0.29, 0.717) is 0 Å². The highest BCUT2D eigenvalue weighted by atomic mass is 19.1. The van der Waals surface area contributed by atoms with E-state index in [4.69, 9.17) is 0 Å². The molecule has 0 bridgehead atoms. The molecule has 0 saturated carbocycles. The number of urea groups is 1. The van der Waals surface area contributed by atoms with E-state index in [1.807, 2.05) is 38.1 Å². The molecule has 2 aromatic carbocycles. The second kappa shape index (κ2) is 7.59. The fraction of sp³-hybridized carbons (Fsp3) is 0.222. The van der Waals surface area contributed by atoms with Gasteiger partial charge in [0.15, 0.2) is 0 Å². The molecule has 2 rings (SSSR count). The summed E-state index contributed by atoms with van der Waals surface area (Å²) in [7, 11) is 1.23. The smallest absolute Gasteiger partial charge is 0.337 e. The maximum atomic E-state index is 13.8. The third kappa shape index (κ3) is 4.32. The van der Waals surface area contributed by atoms with Gasteiger partial charge in [0, 0.05) is 0 Å². The fourth-order valence-electron chi connectivity index (χ4n) is 2.16. The molecule has 2 N–H and O–H groups in total. The van der Waals surface area contributed by atoms with E-state index in [0.717, 1.165) is 17.2 Å². The Morgan fingerprint density at radius 1 is 1.12 bits per heavy atom. The maximum absolute atomic E-state index is 13.8. The lowest BCUT2D eigenvalue weighted by molar-refractivity contribution is 0.0600. The van der Waals surface area contributed by atoms with Crippen molar-refractivity contribution in [3.8, 4) is 0 Å². The number of hydrogen-bond acceptors (Lipinski definition) is 3. The second-order valence-corrected chi connectivity index (χ2v) is 5.42. The molecule has 6 heteroatoms. The predicted octanol–water partition coefficient (Wildman–Crippen LogP) is 3.80. The summed E-state index contributed by atoms with van der Waals surface area (Å²) in [6.45, 7) is 3.80.